The third-order valence-corrected chi connectivity index (χ3v) is 7.35. The number of hydrogen-bond acceptors (Lipinski definition) is 6. The lowest BCUT2D eigenvalue weighted by Gasteiger charge is -2.10. The summed E-state index contributed by atoms with van der Waals surface area (Å²) in [5, 5.41) is 4.22. The van der Waals surface area contributed by atoms with Crippen LogP contribution in [0.3, 0.4) is 0 Å². The zero-order valence-electron chi connectivity index (χ0n) is 18.8. The molecule has 33 heavy (non-hydrogen) atoms. The van der Waals surface area contributed by atoms with Gasteiger partial charge in [-0.1, -0.05) is 54.2 Å². The molecule has 1 N–H and O–H groups in total. The fourth-order valence-electron chi connectivity index (χ4n) is 3.54. The molecule has 0 bridgehead atoms. The minimum Gasteiger partial charge on any atom is -0.462 e. The predicted octanol–water partition coefficient (Wildman–Crippen LogP) is 5.67. The molecular formula is C25H25N3O3S2. The quantitative estimate of drug-likeness (QED) is 0.260. The van der Waals surface area contributed by atoms with Crippen molar-refractivity contribution in [3.05, 3.63) is 76.2 Å². The van der Waals surface area contributed by atoms with E-state index in [1.54, 1.807) is 6.92 Å². The third-order valence-electron chi connectivity index (χ3n) is 5.25. The SMILES string of the molecule is CCOC(=O)c1c(NC(=O)CSc2nc3ccccc3n2Cc2ccccc2)sc(C)c1C. The Bertz CT molecular complexity index is 1300. The van der Waals surface area contributed by atoms with E-state index < -0.39 is 5.97 Å². The number of thiophene rings is 1. The van der Waals surface area contributed by atoms with Gasteiger partial charge in [0.2, 0.25) is 5.91 Å². The number of nitrogens with one attached hydrogen (secondary N) is 1. The van der Waals surface area contributed by atoms with Crippen molar-refractivity contribution in [2.45, 2.75) is 32.5 Å². The van der Waals surface area contributed by atoms with Crippen molar-refractivity contribution in [1.82, 2.24) is 9.55 Å². The molecule has 1 amide bonds. The number of fused-ring (bicyclic) bond motifs is 1. The molecule has 170 valence electrons. The Labute approximate surface area is 201 Å². The highest BCUT2D eigenvalue weighted by molar-refractivity contribution is 7.99. The number of thioether (sulfide) groups is 1. The number of rotatable bonds is 8. The van der Waals surface area contributed by atoms with Crippen LogP contribution in [0.1, 0.15) is 33.3 Å². The third kappa shape index (κ3) is 5.12. The summed E-state index contributed by atoms with van der Waals surface area (Å²) in [5.41, 5.74) is 4.36. The number of esters is 1. The number of aryl methyl sites for hydroxylation is 1. The van der Waals surface area contributed by atoms with Gasteiger partial charge in [-0.3, -0.25) is 4.79 Å². The fourth-order valence-corrected chi connectivity index (χ4v) is 5.42. The largest absolute Gasteiger partial charge is 0.462 e. The molecule has 4 rings (SSSR count). The number of carbonyl (C=O) groups is 2. The first-order valence-corrected chi connectivity index (χ1v) is 12.5. The molecule has 0 spiro atoms. The van der Waals surface area contributed by atoms with E-state index >= 15 is 0 Å². The van der Waals surface area contributed by atoms with Crippen molar-refractivity contribution in [1.29, 1.82) is 0 Å². The summed E-state index contributed by atoms with van der Waals surface area (Å²) in [6.45, 7) is 6.52. The zero-order valence-corrected chi connectivity index (χ0v) is 20.4. The van der Waals surface area contributed by atoms with E-state index in [0.717, 1.165) is 32.2 Å². The number of aromatic nitrogens is 2. The van der Waals surface area contributed by atoms with Gasteiger partial charge in [0.15, 0.2) is 5.16 Å². The molecule has 2 aromatic heterocycles. The highest BCUT2D eigenvalue weighted by Gasteiger charge is 2.22. The molecule has 4 aromatic rings. The highest BCUT2D eigenvalue weighted by Crippen LogP contribution is 2.33. The average molecular weight is 480 g/mol. The van der Waals surface area contributed by atoms with Crippen LogP contribution in [0.2, 0.25) is 0 Å². The summed E-state index contributed by atoms with van der Waals surface area (Å²) >= 11 is 2.77. The van der Waals surface area contributed by atoms with Gasteiger partial charge in [-0.15, -0.1) is 11.3 Å². The Morgan fingerprint density at radius 2 is 1.82 bits per heavy atom. The number of imidazole rings is 1. The Kier molecular flexibility index (Phi) is 7.15. The molecule has 0 saturated heterocycles. The second kappa shape index (κ2) is 10.2. The van der Waals surface area contributed by atoms with Gasteiger partial charge >= 0.3 is 5.97 Å². The maximum absolute atomic E-state index is 12.8. The van der Waals surface area contributed by atoms with Gasteiger partial charge in [0.05, 0.1) is 35.5 Å². The number of ether oxygens (including phenoxy) is 1. The van der Waals surface area contributed by atoms with E-state index in [4.69, 9.17) is 9.72 Å². The number of carbonyl (C=O) groups excluding carboxylic acids is 2. The van der Waals surface area contributed by atoms with E-state index in [9.17, 15) is 9.59 Å². The topological polar surface area (TPSA) is 73.2 Å². The summed E-state index contributed by atoms with van der Waals surface area (Å²) in [6, 6.07) is 18.1. The second-order valence-electron chi connectivity index (χ2n) is 7.50. The van der Waals surface area contributed by atoms with Crippen molar-refractivity contribution in [3.63, 3.8) is 0 Å². The molecular weight excluding hydrogens is 454 g/mol. The summed E-state index contributed by atoms with van der Waals surface area (Å²) in [5.74, 6) is -0.423. The van der Waals surface area contributed by atoms with Crippen LogP contribution < -0.4 is 5.32 Å². The number of amides is 1. The van der Waals surface area contributed by atoms with Gasteiger partial charge in [-0.25, -0.2) is 9.78 Å². The molecule has 0 aliphatic rings. The molecule has 0 radical (unpaired) electrons. The lowest BCUT2D eigenvalue weighted by molar-refractivity contribution is -0.113. The van der Waals surface area contributed by atoms with Crippen LogP contribution in [-0.2, 0) is 16.1 Å². The monoisotopic (exact) mass is 479 g/mol. The average Bonchev–Trinajstić information content (AvgIpc) is 3.29. The molecule has 0 aliphatic heterocycles. The molecule has 2 aromatic carbocycles. The minimum atomic E-state index is -0.410. The Balaban J connectivity index is 1.53. The van der Waals surface area contributed by atoms with Crippen LogP contribution in [0, 0.1) is 13.8 Å². The fraction of sp³-hybridized carbons (Fsp3) is 0.240. The Morgan fingerprint density at radius 1 is 1.09 bits per heavy atom. The van der Waals surface area contributed by atoms with Crippen molar-refractivity contribution in [2.24, 2.45) is 0 Å². The van der Waals surface area contributed by atoms with Gasteiger partial charge in [-0.05, 0) is 44.0 Å². The molecule has 2 heterocycles. The van der Waals surface area contributed by atoms with Crippen LogP contribution in [0.25, 0.3) is 11.0 Å². The number of hydrogen-bond donors (Lipinski definition) is 1. The Morgan fingerprint density at radius 3 is 2.58 bits per heavy atom. The van der Waals surface area contributed by atoms with E-state index in [2.05, 4.69) is 22.0 Å². The van der Waals surface area contributed by atoms with Crippen LogP contribution in [0.15, 0.2) is 59.8 Å². The maximum Gasteiger partial charge on any atom is 0.341 e. The molecule has 0 fully saturated rings. The minimum absolute atomic E-state index is 0.177. The molecule has 0 atom stereocenters. The van der Waals surface area contributed by atoms with E-state index in [-0.39, 0.29) is 18.3 Å². The summed E-state index contributed by atoms with van der Waals surface area (Å²) in [6.07, 6.45) is 0. The van der Waals surface area contributed by atoms with Gasteiger partial charge in [0, 0.05) is 4.88 Å². The maximum atomic E-state index is 12.8. The lowest BCUT2D eigenvalue weighted by atomic mass is 10.1. The first kappa shape index (κ1) is 23.1. The van der Waals surface area contributed by atoms with Crippen LogP contribution in [0.5, 0.6) is 0 Å². The van der Waals surface area contributed by atoms with Crippen molar-refractivity contribution in [2.75, 3.05) is 17.7 Å². The molecule has 6 nitrogen and oxygen atoms in total. The van der Waals surface area contributed by atoms with Gasteiger partial charge in [-0.2, -0.15) is 0 Å². The number of benzene rings is 2. The van der Waals surface area contributed by atoms with Gasteiger partial charge in [0.1, 0.15) is 5.00 Å². The van der Waals surface area contributed by atoms with Crippen LogP contribution in [0.4, 0.5) is 5.00 Å². The highest BCUT2D eigenvalue weighted by atomic mass is 32.2. The van der Waals surface area contributed by atoms with E-state index in [1.165, 1.54) is 23.1 Å². The van der Waals surface area contributed by atoms with Gasteiger partial charge < -0.3 is 14.6 Å². The predicted molar refractivity (Wildman–Crippen MR) is 134 cm³/mol. The molecule has 0 aliphatic carbocycles. The first-order chi connectivity index (χ1) is 16.0. The lowest BCUT2D eigenvalue weighted by Crippen LogP contribution is -2.17. The molecule has 0 saturated carbocycles. The summed E-state index contributed by atoms with van der Waals surface area (Å²) in [4.78, 5) is 30.9. The summed E-state index contributed by atoms with van der Waals surface area (Å²) < 4.78 is 7.31. The number of anilines is 1. The van der Waals surface area contributed by atoms with Crippen molar-refractivity contribution >= 4 is 51.0 Å². The van der Waals surface area contributed by atoms with Crippen molar-refractivity contribution in [3.8, 4) is 0 Å². The van der Waals surface area contributed by atoms with Crippen LogP contribution >= 0.6 is 23.1 Å². The number of nitrogens with zero attached hydrogens (tertiary/aromatic N) is 2. The van der Waals surface area contributed by atoms with Crippen LogP contribution in [-0.4, -0.2) is 33.8 Å². The smallest absolute Gasteiger partial charge is 0.341 e. The van der Waals surface area contributed by atoms with Crippen molar-refractivity contribution < 1.29 is 14.3 Å². The Hall–Kier alpha value is -3.10. The molecule has 8 heteroatoms. The van der Waals surface area contributed by atoms with Gasteiger partial charge in [0.25, 0.3) is 0 Å². The first-order valence-electron chi connectivity index (χ1n) is 10.7. The number of para-hydroxylation sites is 2. The molecule has 0 unspecified atom stereocenters. The standard InChI is InChI=1S/C25H25N3O3S2/c1-4-31-24(30)22-16(2)17(3)33-23(22)27-21(29)15-32-25-26-19-12-8-9-13-20(19)28(25)14-18-10-6-5-7-11-18/h5-13H,4,14-15H2,1-3H3,(H,27,29). The summed E-state index contributed by atoms with van der Waals surface area (Å²) in [7, 11) is 0. The van der Waals surface area contributed by atoms with E-state index in [1.807, 2.05) is 56.3 Å². The normalized spacial score (nSPS) is 11.0. The zero-order chi connectivity index (χ0) is 23.4. The second-order valence-corrected chi connectivity index (χ2v) is 9.67. The van der Waals surface area contributed by atoms with E-state index in [0.29, 0.717) is 17.1 Å².